The largest absolute Gasteiger partial charge is 0.494 e. The molecule has 0 saturated heterocycles. The zero-order valence-electron chi connectivity index (χ0n) is 12.4. The van der Waals surface area contributed by atoms with Crippen molar-refractivity contribution in [1.29, 1.82) is 0 Å². The molecule has 0 aliphatic rings. The minimum Gasteiger partial charge on any atom is -0.494 e. The topological polar surface area (TPSA) is 9.23 Å². The van der Waals surface area contributed by atoms with Crippen LogP contribution in [0.2, 0.25) is 4.34 Å². The fourth-order valence-electron chi connectivity index (χ4n) is 2.26. The van der Waals surface area contributed by atoms with Gasteiger partial charge in [0.1, 0.15) is 5.75 Å². The molecular formula is C19H17ClOS. The summed E-state index contributed by atoms with van der Waals surface area (Å²) in [5, 5.41) is 0. The van der Waals surface area contributed by atoms with Crippen molar-refractivity contribution in [2.24, 2.45) is 0 Å². The van der Waals surface area contributed by atoms with Crippen molar-refractivity contribution in [3.63, 3.8) is 0 Å². The van der Waals surface area contributed by atoms with Crippen LogP contribution in [-0.2, 0) is 0 Å². The summed E-state index contributed by atoms with van der Waals surface area (Å²) < 4.78 is 6.44. The second kappa shape index (κ2) is 6.99. The smallest absolute Gasteiger partial charge is 0.119 e. The second-order valence-corrected chi connectivity index (χ2v) is 6.77. The summed E-state index contributed by atoms with van der Waals surface area (Å²) >= 11 is 7.60. The van der Waals surface area contributed by atoms with Gasteiger partial charge in [0.05, 0.1) is 10.9 Å². The van der Waals surface area contributed by atoms with Gasteiger partial charge in [-0.2, -0.15) is 0 Å². The fourth-order valence-corrected chi connectivity index (χ4v) is 3.31. The SMILES string of the molecule is CCCOc1ccc(-c2ccc(-c3ccc(Cl)s3)cc2)cc1. The molecule has 0 spiro atoms. The normalized spacial score (nSPS) is 10.6. The van der Waals surface area contributed by atoms with Crippen LogP contribution in [-0.4, -0.2) is 6.61 Å². The predicted molar refractivity (Wildman–Crippen MR) is 96.0 cm³/mol. The van der Waals surface area contributed by atoms with Crippen molar-refractivity contribution < 1.29 is 4.74 Å². The molecule has 0 fully saturated rings. The zero-order chi connectivity index (χ0) is 15.4. The molecule has 3 aromatic rings. The van der Waals surface area contributed by atoms with Gasteiger partial charge in [0, 0.05) is 4.88 Å². The van der Waals surface area contributed by atoms with Crippen LogP contribution in [0.5, 0.6) is 5.75 Å². The first-order chi connectivity index (χ1) is 10.8. The number of benzene rings is 2. The second-order valence-electron chi connectivity index (χ2n) is 5.05. The quantitative estimate of drug-likeness (QED) is 0.517. The Hall–Kier alpha value is -1.77. The third-order valence-electron chi connectivity index (χ3n) is 3.40. The first kappa shape index (κ1) is 15.1. The van der Waals surface area contributed by atoms with E-state index in [-0.39, 0.29) is 0 Å². The summed E-state index contributed by atoms with van der Waals surface area (Å²) in [5.74, 6) is 0.926. The van der Waals surface area contributed by atoms with Gasteiger partial charge in [0.15, 0.2) is 0 Å². The molecule has 3 rings (SSSR count). The van der Waals surface area contributed by atoms with Crippen molar-refractivity contribution in [2.75, 3.05) is 6.61 Å². The van der Waals surface area contributed by atoms with E-state index in [4.69, 9.17) is 16.3 Å². The van der Waals surface area contributed by atoms with Gasteiger partial charge in [-0.3, -0.25) is 0 Å². The summed E-state index contributed by atoms with van der Waals surface area (Å²) in [5.41, 5.74) is 3.59. The standard InChI is InChI=1S/C19H17ClOS/c1-2-13-21-17-9-7-15(8-10-17)14-3-5-16(6-4-14)18-11-12-19(20)22-18/h3-12H,2,13H2,1H3. The average molecular weight is 329 g/mol. The van der Waals surface area contributed by atoms with Crippen molar-refractivity contribution in [3.05, 3.63) is 65.0 Å². The molecule has 0 aliphatic carbocycles. The highest BCUT2D eigenvalue weighted by atomic mass is 35.5. The minimum atomic E-state index is 0.761. The highest BCUT2D eigenvalue weighted by molar-refractivity contribution is 7.19. The van der Waals surface area contributed by atoms with Gasteiger partial charge >= 0.3 is 0 Å². The van der Waals surface area contributed by atoms with Gasteiger partial charge in [-0.15, -0.1) is 11.3 Å². The van der Waals surface area contributed by atoms with Crippen LogP contribution in [0.15, 0.2) is 60.7 Å². The zero-order valence-corrected chi connectivity index (χ0v) is 14.0. The van der Waals surface area contributed by atoms with Gasteiger partial charge in [0.25, 0.3) is 0 Å². The molecule has 0 N–H and O–H groups in total. The summed E-state index contributed by atoms with van der Waals surface area (Å²) in [6.07, 6.45) is 1.02. The van der Waals surface area contributed by atoms with Crippen LogP contribution in [0.1, 0.15) is 13.3 Å². The Morgan fingerprint density at radius 3 is 1.95 bits per heavy atom. The van der Waals surface area contributed by atoms with Crippen LogP contribution in [0.3, 0.4) is 0 Å². The average Bonchev–Trinajstić information content (AvgIpc) is 3.00. The van der Waals surface area contributed by atoms with Crippen LogP contribution in [0.4, 0.5) is 0 Å². The highest BCUT2D eigenvalue weighted by Gasteiger charge is 2.03. The summed E-state index contributed by atoms with van der Waals surface area (Å²) in [6.45, 7) is 2.87. The summed E-state index contributed by atoms with van der Waals surface area (Å²) in [7, 11) is 0. The number of rotatable bonds is 5. The highest BCUT2D eigenvalue weighted by Crippen LogP contribution is 2.32. The lowest BCUT2D eigenvalue weighted by molar-refractivity contribution is 0.317. The van der Waals surface area contributed by atoms with Crippen LogP contribution >= 0.6 is 22.9 Å². The molecule has 0 aliphatic heterocycles. The van der Waals surface area contributed by atoms with Crippen molar-refractivity contribution >= 4 is 22.9 Å². The molecule has 0 radical (unpaired) electrons. The third kappa shape index (κ3) is 3.52. The maximum absolute atomic E-state index is 6.00. The van der Waals surface area contributed by atoms with Crippen molar-refractivity contribution in [3.8, 4) is 27.3 Å². The van der Waals surface area contributed by atoms with E-state index >= 15 is 0 Å². The molecule has 1 heterocycles. The molecule has 0 saturated carbocycles. The van der Waals surface area contributed by atoms with E-state index in [1.165, 1.54) is 21.6 Å². The van der Waals surface area contributed by atoms with Gasteiger partial charge in [-0.05, 0) is 47.4 Å². The number of hydrogen-bond acceptors (Lipinski definition) is 2. The van der Waals surface area contributed by atoms with E-state index in [1.807, 2.05) is 18.2 Å². The van der Waals surface area contributed by atoms with Gasteiger partial charge < -0.3 is 4.74 Å². The fraction of sp³-hybridized carbons (Fsp3) is 0.158. The lowest BCUT2D eigenvalue weighted by atomic mass is 10.0. The first-order valence-corrected chi connectivity index (χ1v) is 8.55. The Labute approximate surface area is 140 Å². The Morgan fingerprint density at radius 2 is 1.41 bits per heavy atom. The van der Waals surface area contributed by atoms with Crippen molar-refractivity contribution in [1.82, 2.24) is 0 Å². The maximum atomic E-state index is 6.00. The molecule has 0 amide bonds. The Bertz CT molecular complexity index is 729. The number of halogens is 1. The first-order valence-electron chi connectivity index (χ1n) is 7.35. The number of thiophene rings is 1. The molecule has 22 heavy (non-hydrogen) atoms. The van der Waals surface area contributed by atoms with Crippen molar-refractivity contribution in [2.45, 2.75) is 13.3 Å². The molecule has 3 heteroatoms. The molecule has 2 aromatic carbocycles. The predicted octanol–water partition coefficient (Wildman–Crippen LogP) is 6.52. The van der Waals surface area contributed by atoms with E-state index in [2.05, 4.69) is 49.4 Å². The maximum Gasteiger partial charge on any atom is 0.119 e. The monoisotopic (exact) mass is 328 g/mol. The van der Waals surface area contributed by atoms with E-state index in [1.54, 1.807) is 11.3 Å². The third-order valence-corrected chi connectivity index (χ3v) is 4.68. The Morgan fingerprint density at radius 1 is 0.818 bits per heavy atom. The van der Waals surface area contributed by atoms with Gasteiger partial charge in [0.2, 0.25) is 0 Å². The van der Waals surface area contributed by atoms with E-state index in [0.717, 1.165) is 23.1 Å². The molecule has 1 aromatic heterocycles. The Balaban J connectivity index is 1.77. The molecule has 112 valence electrons. The molecule has 1 nitrogen and oxygen atoms in total. The molecular weight excluding hydrogens is 312 g/mol. The van der Waals surface area contributed by atoms with E-state index < -0.39 is 0 Å². The molecule has 0 unspecified atom stereocenters. The van der Waals surface area contributed by atoms with Crippen LogP contribution < -0.4 is 4.74 Å². The van der Waals surface area contributed by atoms with Crippen LogP contribution in [0.25, 0.3) is 21.6 Å². The van der Waals surface area contributed by atoms with Gasteiger partial charge in [-0.1, -0.05) is 54.9 Å². The van der Waals surface area contributed by atoms with Gasteiger partial charge in [-0.25, -0.2) is 0 Å². The van der Waals surface area contributed by atoms with E-state index in [0.29, 0.717) is 0 Å². The van der Waals surface area contributed by atoms with E-state index in [9.17, 15) is 0 Å². The molecule has 0 bridgehead atoms. The summed E-state index contributed by atoms with van der Waals surface area (Å²) in [4.78, 5) is 1.19. The van der Waals surface area contributed by atoms with Crippen LogP contribution in [0, 0.1) is 0 Å². The summed E-state index contributed by atoms with van der Waals surface area (Å²) in [6, 6.07) is 20.8. The minimum absolute atomic E-state index is 0.761. The molecule has 0 atom stereocenters. The lowest BCUT2D eigenvalue weighted by Gasteiger charge is -2.07. The number of hydrogen-bond donors (Lipinski definition) is 0. The lowest BCUT2D eigenvalue weighted by Crippen LogP contribution is -1.94. The number of ether oxygens (including phenoxy) is 1. The Kier molecular flexibility index (Phi) is 4.81.